The third-order valence-electron chi connectivity index (χ3n) is 5.78. The molecule has 1 fully saturated rings. The van der Waals surface area contributed by atoms with Crippen LogP contribution >= 0.6 is 0 Å². The van der Waals surface area contributed by atoms with Gasteiger partial charge in [0.05, 0.1) is 24.4 Å². The van der Waals surface area contributed by atoms with Crippen LogP contribution in [0.5, 0.6) is 11.5 Å². The van der Waals surface area contributed by atoms with Crippen molar-refractivity contribution < 1.29 is 24.5 Å². The molecule has 32 heavy (non-hydrogen) atoms. The average molecular weight is 429 g/mol. The minimum Gasteiger partial charge on any atom is -0.507 e. The second-order valence-corrected chi connectivity index (χ2v) is 7.73. The van der Waals surface area contributed by atoms with E-state index in [0.717, 1.165) is 11.1 Å². The SMILES string of the molecule is COc1cccc(C2/C(=C(/O)c3ccc(C)c(C)c3)C(=O)C(=O)N2c2ccccc2O)c1. The van der Waals surface area contributed by atoms with E-state index >= 15 is 0 Å². The molecule has 0 spiro atoms. The molecule has 4 rings (SSSR count). The number of Topliss-reactive ketones (excluding diaryl/α,β-unsaturated/α-hetero) is 1. The number of carbonyl (C=O) groups excluding carboxylic acids is 2. The smallest absolute Gasteiger partial charge is 0.300 e. The van der Waals surface area contributed by atoms with Crippen LogP contribution in [-0.2, 0) is 9.59 Å². The van der Waals surface area contributed by atoms with Gasteiger partial charge < -0.3 is 14.9 Å². The van der Waals surface area contributed by atoms with Crippen molar-refractivity contribution in [3.05, 3.63) is 94.6 Å². The largest absolute Gasteiger partial charge is 0.507 e. The fourth-order valence-electron chi connectivity index (χ4n) is 3.92. The number of phenolic OH excluding ortho intramolecular Hbond substituents is 1. The molecule has 1 aliphatic rings. The summed E-state index contributed by atoms with van der Waals surface area (Å²) in [5.41, 5.74) is 3.13. The van der Waals surface area contributed by atoms with E-state index in [1.54, 1.807) is 54.6 Å². The summed E-state index contributed by atoms with van der Waals surface area (Å²) < 4.78 is 5.33. The Morgan fingerprint density at radius 1 is 0.938 bits per heavy atom. The molecule has 0 aromatic heterocycles. The van der Waals surface area contributed by atoms with Crippen molar-refractivity contribution in [3.63, 3.8) is 0 Å². The molecule has 1 amide bonds. The van der Waals surface area contributed by atoms with E-state index < -0.39 is 17.7 Å². The van der Waals surface area contributed by atoms with Gasteiger partial charge in [-0.2, -0.15) is 0 Å². The number of phenols is 1. The number of hydrogen-bond donors (Lipinski definition) is 2. The van der Waals surface area contributed by atoms with Gasteiger partial charge >= 0.3 is 0 Å². The predicted octanol–water partition coefficient (Wildman–Crippen LogP) is 4.64. The summed E-state index contributed by atoms with van der Waals surface area (Å²) in [6.07, 6.45) is 0. The molecule has 1 atom stereocenters. The first-order valence-electron chi connectivity index (χ1n) is 10.1. The highest BCUT2D eigenvalue weighted by Gasteiger charge is 2.47. The van der Waals surface area contributed by atoms with Gasteiger partial charge in [0.15, 0.2) is 0 Å². The van der Waals surface area contributed by atoms with Gasteiger partial charge in [0.25, 0.3) is 11.7 Å². The predicted molar refractivity (Wildman–Crippen MR) is 122 cm³/mol. The lowest BCUT2D eigenvalue weighted by Crippen LogP contribution is -2.29. The topological polar surface area (TPSA) is 87.1 Å². The summed E-state index contributed by atoms with van der Waals surface area (Å²) in [5, 5.41) is 21.6. The summed E-state index contributed by atoms with van der Waals surface area (Å²) in [6, 6.07) is 17.7. The van der Waals surface area contributed by atoms with Crippen LogP contribution in [0.1, 0.15) is 28.3 Å². The summed E-state index contributed by atoms with van der Waals surface area (Å²) in [5.74, 6) is -1.52. The summed E-state index contributed by atoms with van der Waals surface area (Å²) in [7, 11) is 1.52. The highest BCUT2D eigenvalue weighted by Crippen LogP contribution is 2.45. The number of methoxy groups -OCH3 is 1. The van der Waals surface area contributed by atoms with Crippen LogP contribution in [0.3, 0.4) is 0 Å². The monoisotopic (exact) mass is 429 g/mol. The Bertz CT molecular complexity index is 1260. The van der Waals surface area contributed by atoms with E-state index in [4.69, 9.17) is 4.74 Å². The van der Waals surface area contributed by atoms with Crippen LogP contribution < -0.4 is 9.64 Å². The van der Waals surface area contributed by atoms with Crippen LogP contribution in [0.2, 0.25) is 0 Å². The Labute approximate surface area is 186 Å². The number of nitrogens with zero attached hydrogens (tertiary/aromatic N) is 1. The number of amides is 1. The van der Waals surface area contributed by atoms with Gasteiger partial charge in [0, 0.05) is 5.56 Å². The number of ether oxygens (including phenoxy) is 1. The summed E-state index contributed by atoms with van der Waals surface area (Å²) in [6.45, 7) is 3.86. The Hall–Kier alpha value is -4.06. The molecule has 1 saturated heterocycles. The Morgan fingerprint density at radius 3 is 2.38 bits per heavy atom. The van der Waals surface area contributed by atoms with Gasteiger partial charge in [-0.3, -0.25) is 14.5 Å². The second kappa shape index (κ2) is 8.23. The van der Waals surface area contributed by atoms with Crippen molar-refractivity contribution in [2.75, 3.05) is 12.0 Å². The zero-order valence-corrected chi connectivity index (χ0v) is 18.0. The lowest BCUT2D eigenvalue weighted by molar-refractivity contribution is -0.132. The van der Waals surface area contributed by atoms with E-state index in [2.05, 4.69) is 0 Å². The van der Waals surface area contributed by atoms with Crippen molar-refractivity contribution in [3.8, 4) is 11.5 Å². The van der Waals surface area contributed by atoms with E-state index in [1.165, 1.54) is 18.1 Å². The van der Waals surface area contributed by atoms with Gasteiger partial charge in [-0.25, -0.2) is 0 Å². The van der Waals surface area contributed by atoms with E-state index in [9.17, 15) is 19.8 Å². The van der Waals surface area contributed by atoms with Crippen LogP contribution in [0.4, 0.5) is 5.69 Å². The number of anilines is 1. The van der Waals surface area contributed by atoms with E-state index in [0.29, 0.717) is 16.9 Å². The molecule has 162 valence electrons. The number of aliphatic hydroxyl groups excluding tert-OH is 1. The highest BCUT2D eigenvalue weighted by atomic mass is 16.5. The number of aliphatic hydroxyl groups is 1. The minimum atomic E-state index is -0.944. The average Bonchev–Trinajstić information content (AvgIpc) is 3.06. The number of benzene rings is 3. The molecule has 0 bridgehead atoms. The number of aryl methyl sites for hydroxylation is 2. The first-order chi connectivity index (χ1) is 15.3. The van der Waals surface area contributed by atoms with Crippen molar-refractivity contribution in [2.24, 2.45) is 0 Å². The third-order valence-corrected chi connectivity index (χ3v) is 5.78. The van der Waals surface area contributed by atoms with E-state index in [1.807, 2.05) is 19.9 Å². The molecule has 3 aromatic carbocycles. The first-order valence-corrected chi connectivity index (χ1v) is 10.1. The fraction of sp³-hybridized carbons (Fsp3) is 0.154. The van der Waals surface area contributed by atoms with Crippen molar-refractivity contribution in [1.29, 1.82) is 0 Å². The molecular weight excluding hydrogens is 406 g/mol. The molecular formula is C26H23NO5. The normalized spacial score (nSPS) is 17.6. The molecule has 1 unspecified atom stereocenters. The number of carbonyl (C=O) groups is 2. The molecule has 1 aliphatic heterocycles. The standard InChI is InChI=1S/C26H23NO5/c1-15-11-12-18(13-16(15)2)24(29)22-23(17-7-6-8-19(14-17)32-3)27(26(31)25(22)30)20-9-4-5-10-21(20)28/h4-14,23,28-29H,1-3H3/b24-22-. The Kier molecular flexibility index (Phi) is 5.45. The quantitative estimate of drug-likeness (QED) is 0.358. The second-order valence-electron chi connectivity index (χ2n) is 7.73. The number of aromatic hydroxyl groups is 1. The molecule has 3 aromatic rings. The van der Waals surface area contributed by atoms with Crippen molar-refractivity contribution in [1.82, 2.24) is 0 Å². The molecule has 2 N–H and O–H groups in total. The zero-order valence-electron chi connectivity index (χ0n) is 18.0. The van der Waals surface area contributed by atoms with Gasteiger partial charge in [-0.15, -0.1) is 0 Å². The lowest BCUT2D eigenvalue weighted by atomic mass is 9.94. The third kappa shape index (κ3) is 3.50. The van der Waals surface area contributed by atoms with Crippen molar-refractivity contribution in [2.45, 2.75) is 19.9 Å². The number of para-hydroxylation sites is 2. The van der Waals surface area contributed by atoms with Gasteiger partial charge in [-0.05, 0) is 60.9 Å². The van der Waals surface area contributed by atoms with Crippen LogP contribution in [0.15, 0.2) is 72.3 Å². The maximum Gasteiger partial charge on any atom is 0.300 e. The Balaban J connectivity index is 1.99. The zero-order chi connectivity index (χ0) is 23.0. The molecule has 6 heteroatoms. The van der Waals surface area contributed by atoms with Gasteiger partial charge in [-0.1, -0.05) is 36.4 Å². The number of ketones is 1. The molecule has 1 heterocycles. The fourth-order valence-corrected chi connectivity index (χ4v) is 3.92. The van der Waals surface area contributed by atoms with Crippen LogP contribution in [0.25, 0.3) is 5.76 Å². The molecule has 0 aliphatic carbocycles. The Morgan fingerprint density at radius 2 is 1.69 bits per heavy atom. The molecule has 0 radical (unpaired) electrons. The summed E-state index contributed by atoms with van der Waals surface area (Å²) in [4.78, 5) is 27.6. The maximum atomic E-state index is 13.2. The molecule has 0 saturated carbocycles. The number of rotatable bonds is 4. The molecule has 6 nitrogen and oxygen atoms in total. The van der Waals surface area contributed by atoms with Gasteiger partial charge in [0.1, 0.15) is 17.3 Å². The maximum absolute atomic E-state index is 13.2. The van der Waals surface area contributed by atoms with Crippen LogP contribution in [-0.4, -0.2) is 29.0 Å². The minimum absolute atomic E-state index is 0.0465. The van der Waals surface area contributed by atoms with Crippen molar-refractivity contribution >= 4 is 23.1 Å². The number of hydrogen-bond acceptors (Lipinski definition) is 5. The van der Waals surface area contributed by atoms with E-state index in [-0.39, 0.29) is 22.8 Å². The first kappa shape index (κ1) is 21.2. The highest BCUT2D eigenvalue weighted by molar-refractivity contribution is 6.51. The lowest BCUT2D eigenvalue weighted by Gasteiger charge is -2.26. The summed E-state index contributed by atoms with van der Waals surface area (Å²) >= 11 is 0. The van der Waals surface area contributed by atoms with Crippen LogP contribution in [0, 0.1) is 13.8 Å². The van der Waals surface area contributed by atoms with Gasteiger partial charge in [0.2, 0.25) is 0 Å².